The van der Waals surface area contributed by atoms with Crippen LogP contribution in [0.3, 0.4) is 0 Å². The molecule has 0 radical (unpaired) electrons. The van der Waals surface area contributed by atoms with E-state index in [0.717, 1.165) is 24.2 Å². The van der Waals surface area contributed by atoms with Gasteiger partial charge in [-0.2, -0.15) is 17.0 Å². The van der Waals surface area contributed by atoms with Crippen LogP contribution in [-0.4, -0.2) is 22.9 Å². The van der Waals surface area contributed by atoms with Crippen LogP contribution in [-0.2, 0) is 0 Å². The lowest BCUT2D eigenvalue weighted by molar-refractivity contribution is 0.0896. The third-order valence-electron chi connectivity index (χ3n) is 4.52. The van der Waals surface area contributed by atoms with Gasteiger partial charge in [0.1, 0.15) is 12.4 Å². The van der Waals surface area contributed by atoms with E-state index in [1.807, 2.05) is 30.3 Å². The highest BCUT2D eigenvalue weighted by molar-refractivity contribution is 8.00. The molecule has 2 heterocycles. The molecule has 1 aromatic rings. The highest BCUT2D eigenvalue weighted by Gasteiger charge is 2.35. The number of carbonyl (C=O) groups is 1. The first-order chi connectivity index (χ1) is 10.8. The van der Waals surface area contributed by atoms with Gasteiger partial charge in [0.25, 0.3) is 0 Å². The number of ketones is 1. The molecule has 2 saturated heterocycles. The number of fused-ring (bicyclic) bond motifs is 2. The molecule has 2 bridgehead atoms. The molecule has 0 aromatic heterocycles. The van der Waals surface area contributed by atoms with Gasteiger partial charge in [-0.15, -0.1) is 0 Å². The summed E-state index contributed by atoms with van der Waals surface area (Å²) in [6.45, 7) is 0.396. The maximum absolute atomic E-state index is 12.7. The molecule has 2 atom stereocenters. The Morgan fingerprint density at radius 3 is 2.55 bits per heavy atom. The predicted molar refractivity (Wildman–Crippen MR) is 88.2 cm³/mol. The summed E-state index contributed by atoms with van der Waals surface area (Å²) in [6.07, 6.45) is 6.34. The van der Waals surface area contributed by atoms with E-state index >= 15 is 0 Å². The molecule has 2 fully saturated rings. The van der Waals surface area contributed by atoms with Gasteiger partial charge in [-0.05, 0) is 49.9 Å². The zero-order valence-corrected chi connectivity index (χ0v) is 13.5. The number of benzene rings is 1. The SMILES string of the molecule is N#CCCOc1ccc(C(=O)C2CC3CCCC(C2)S3)cc1. The first-order valence-corrected chi connectivity index (χ1v) is 9.00. The molecule has 0 N–H and O–H groups in total. The molecule has 2 aliphatic rings. The Labute approximate surface area is 136 Å². The number of nitriles is 1. The Hall–Kier alpha value is -1.47. The number of ether oxygens (including phenoxy) is 1. The normalized spacial score (nSPS) is 27.0. The maximum Gasteiger partial charge on any atom is 0.166 e. The fourth-order valence-electron chi connectivity index (χ4n) is 3.44. The number of thioether (sulfide) groups is 1. The molecule has 2 aliphatic heterocycles. The monoisotopic (exact) mass is 315 g/mol. The molecule has 2 unspecified atom stereocenters. The zero-order valence-electron chi connectivity index (χ0n) is 12.7. The number of nitrogens with zero attached hydrogens (tertiary/aromatic N) is 1. The summed E-state index contributed by atoms with van der Waals surface area (Å²) < 4.78 is 5.45. The van der Waals surface area contributed by atoms with E-state index in [0.29, 0.717) is 29.3 Å². The Kier molecular flexibility index (Phi) is 5.04. The largest absolute Gasteiger partial charge is 0.493 e. The van der Waals surface area contributed by atoms with Crippen LogP contribution in [0, 0.1) is 17.2 Å². The van der Waals surface area contributed by atoms with Crippen molar-refractivity contribution in [2.75, 3.05) is 6.61 Å². The number of hydrogen-bond acceptors (Lipinski definition) is 4. The summed E-state index contributed by atoms with van der Waals surface area (Å²) in [7, 11) is 0. The van der Waals surface area contributed by atoms with Crippen LogP contribution in [0.5, 0.6) is 5.75 Å². The van der Waals surface area contributed by atoms with Crippen LogP contribution in [0.25, 0.3) is 0 Å². The van der Waals surface area contributed by atoms with Gasteiger partial charge in [-0.1, -0.05) is 6.42 Å². The van der Waals surface area contributed by atoms with Crippen molar-refractivity contribution in [2.24, 2.45) is 5.92 Å². The van der Waals surface area contributed by atoms with E-state index in [1.54, 1.807) is 0 Å². The first-order valence-electron chi connectivity index (χ1n) is 8.06. The molecule has 0 aliphatic carbocycles. The molecule has 0 amide bonds. The van der Waals surface area contributed by atoms with Crippen LogP contribution in [0.15, 0.2) is 24.3 Å². The van der Waals surface area contributed by atoms with Gasteiger partial charge in [0, 0.05) is 22.0 Å². The lowest BCUT2D eigenvalue weighted by Gasteiger charge is -2.37. The van der Waals surface area contributed by atoms with Crippen molar-refractivity contribution in [3.05, 3.63) is 29.8 Å². The summed E-state index contributed by atoms with van der Waals surface area (Å²) in [5, 5.41) is 9.88. The fraction of sp³-hybridized carbons (Fsp3) is 0.556. The molecule has 116 valence electrons. The van der Waals surface area contributed by atoms with Crippen LogP contribution < -0.4 is 4.74 Å². The summed E-state index contributed by atoms with van der Waals surface area (Å²) in [5.41, 5.74) is 0.794. The molecular weight excluding hydrogens is 294 g/mol. The smallest absolute Gasteiger partial charge is 0.166 e. The van der Waals surface area contributed by atoms with Crippen molar-refractivity contribution < 1.29 is 9.53 Å². The minimum atomic E-state index is 0.196. The van der Waals surface area contributed by atoms with Crippen molar-refractivity contribution in [2.45, 2.75) is 49.0 Å². The van der Waals surface area contributed by atoms with Gasteiger partial charge in [0.05, 0.1) is 12.5 Å². The van der Waals surface area contributed by atoms with E-state index in [9.17, 15) is 4.79 Å². The highest BCUT2D eigenvalue weighted by Crippen LogP contribution is 2.44. The number of Topliss-reactive ketones (excluding diaryl/α,β-unsaturated/α-hetero) is 1. The second-order valence-corrected chi connectivity index (χ2v) is 7.73. The van der Waals surface area contributed by atoms with Crippen LogP contribution in [0.2, 0.25) is 0 Å². The van der Waals surface area contributed by atoms with E-state index < -0.39 is 0 Å². The predicted octanol–water partition coefficient (Wildman–Crippen LogP) is 4.23. The van der Waals surface area contributed by atoms with Crippen LogP contribution >= 0.6 is 11.8 Å². The van der Waals surface area contributed by atoms with Crippen molar-refractivity contribution in [1.82, 2.24) is 0 Å². The first kappa shape index (κ1) is 15.4. The van der Waals surface area contributed by atoms with E-state index in [4.69, 9.17) is 10.00 Å². The van der Waals surface area contributed by atoms with E-state index in [1.165, 1.54) is 19.3 Å². The number of hydrogen-bond donors (Lipinski definition) is 0. The molecule has 3 nitrogen and oxygen atoms in total. The molecule has 22 heavy (non-hydrogen) atoms. The van der Waals surface area contributed by atoms with E-state index in [2.05, 4.69) is 11.8 Å². The topological polar surface area (TPSA) is 50.1 Å². The highest BCUT2D eigenvalue weighted by atomic mass is 32.2. The molecule has 0 saturated carbocycles. The van der Waals surface area contributed by atoms with Crippen molar-refractivity contribution in [1.29, 1.82) is 5.26 Å². The summed E-state index contributed by atoms with van der Waals surface area (Å²) in [4.78, 5) is 12.7. The lowest BCUT2D eigenvalue weighted by atomic mass is 9.84. The quantitative estimate of drug-likeness (QED) is 0.603. The van der Waals surface area contributed by atoms with Gasteiger partial charge in [0.15, 0.2) is 5.78 Å². The fourth-order valence-corrected chi connectivity index (χ4v) is 5.28. The third kappa shape index (κ3) is 3.64. The second-order valence-electron chi connectivity index (χ2n) is 6.12. The van der Waals surface area contributed by atoms with Crippen LogP contribution in [0.1, 0.15) is 48.9 Å². The van der Waals surface area contributed by atoms with E-state index in [-0.39, 0.29) is 5.92 Å². The van der Waals surface area contributed by atoms with Gasteiger partial charge in [0.2, 0.25) is 0 Å². The van der Waals surface area contributed by atoms with Crippen molar-refractivity contribution in [3.8, 4) is 11.8 Å². The Balaban J connectivity index is 1.61. The average molecular weight is 315 g/mol. The molecule has 3 rings (SSSR count). The summed E-state index contributed by atoms with van der Waals surface area (Å²) >= 11 is 2.10. The third-order valence-corrected chi connectivity index (χ3v) is 6.15. The minimum Gasteiger partial charge on any atom is -0.493 e. The molecule has 4 heteroatoms. The number of carbonyl (C=O) groups excluding carboxylic acids is 1. The Morgan fingerprint density at radius 2 is 1.91 bits per heavy atom. The molecule has 0 spiro atoms. The summed E-state index contributed by atoms with van der Waals surface area (Å²) in [6, 6.07) is 9.45. The summed E-state index contributed by atoms with van der Waals surface area (Å²) in [5.74, 6) is 1.21. The van der Waals surface area contributed by atoms with Gasteiger partial charge in [-0.25, -0.2) is 0 Å². The van der Waals surface area contributed by atoms with Gasteiger partial charge < -0.3 is 4.74 Å². The van der Waals surface area contributed by atoms with Crippen LogP contribution in [0.4, 0.5) is 0 Å². The number of rotatable bonds is 5. The van der Waals surface area contributed by atoms with Gasteiger partial charge >= 0.3 is 0 Å². The Morgan fingerprint density at radius 1 is 1.23 bits per heavy atom. The maximum atomic E-state index is 12.7. The van der Waals surface area contributed by atoms with Gasteiger partial charge in [-0.3, -0.25) is 4.79 Å². The molecular formula is C18H21NO2S. The second kappa shape index (κ2) is 7.19. The Bertz CT molecular complexity index is 551. The minimum absolute atomic E-state index is 0.196. The average Bonchev–Trinajstić information content (AvgIpc) is 2.55. The molecule has 1 aromatic carbocycles. The lowest BCUT2D eigenvalue weighted by Crippen LogP contribution is -2.32. The standard InChI is InChI=1S/C18H21NO2S/c19-9-2-10-21-15-7-5-13(6-8-15)18(20)14-11-16-3-1-4-17(12-14)22-16/h5-8,14,16-17H,1-4,10-12H2. The van der Waals surface area contributed by atoms with Crippen molar-refractivity contribution >= 4 is 17.5 Å². The van der Waals surface area contributed by atoms with Crippen molar-refractivity contribution in [3.63, 3.8) is 0 Å². The zero-order chi connectivity index (χ0) is 15.4.